The number of aliphatic carboxylic acids is 1. The summed E-state index contributed by atoms with van der Waals surface area (Å²) in [5, 5.41) is 8.36. The monoisotopic (exact) mass is 443 g/mol. The first kappa shape index (κ1) is 21.3. The fraction of sp³-hybridized carbons (Fsp3) is 0.211. The molecule has 0 aliphatic rings. The standard InChI is InChI=1S/C19H16F3NO4S2/c1-12(18(24)25)28-11-15-10-13-9-14(19(20,21)22)7-8-17(13)23(15)29(26,27)16-5-3-2-4-6-16/h2-10,12H,11H2,1H3,(H,24,25). The molecule has 1 atom stereocenters. The molecule has 0 fully saturated rings. The molecule has 29 heavy (non-hydrogen) atoms. The molecule has 0 aliphatic carbocycles. The van der Waals surface area contributed by atoms with Crippen LogP contribution in [0.1, 0.15) is 18.2 Å². The van der Waals surface area contributed by atoms with Gasteiger partial charge >= 0.3 is 12.1 Å². The minimum absolute atomic E-state index is 0.00440. The fourth-order valence-corrected chi connectivity index (χ4v) is 5.21. The third-order valence-electron chi connectivity index (χ3n) is 4.27. The number of hydrogen-bond acceptors (Lipinski definition) is 4. The van der Waals surface area contributed by atoms with E-state index in [1.54, 1.807) is 18.2 Å². The second-order valence-electron chi connectivity index (χ2n) is 6.28. The summed E-state index contributed by atoms with van der Waals surface area (Å²) >= 11 is 0.981. The summed E-state index contributed by atoms with van der Waals surface area (Å²) in [5.74, 6) is -1.07. The van der Waals surface area contributed by atoms with Gasteiger partial charge in [0.25, 0.3) is 10.0 Å². The summed E-state index contributed by atoms with van der Waals surface area (Å²) in [5.41, 5.74) is -0.598. The first-order valence-electron chi connectivity index (χ1n) is 8.38. The van der Waals surface area contributed by atoms with Gasteiger partial charge in [-0.2, -0.15) is 13.2 Å². The largest absolute Gasteiger partial charge is 0.480 e. The third-order valence-corrected chi connectivity index (χ3v) is 7.21. The van der Waals surface area contributed by atoms with Crippen LogP contribution in [-0.4, -0.2) is 28.7 Å². The Balaban J connectivity index is 2.19. The van der Waals surface area contributed by atoms with Crippen molar-refractivity contribution >= 4 is 38.7 Å². The lowest BCUT2D eigenvalue weighted by molar-refractivity contribution is -0.137. The highest BCUT2D eigenvalue weighted by atomic mass is 32.2. The molecular weight excluding hydrogens is 427 g/mol. The number of carboxylic acids is 1. The van der Waals surface area contributed by atoms with Crippen molar-refractivity contribution in [2.45, 2.75) is 29.0 Å². The Labute approximate surface area is 169 Å². The zero-order valence-corrected chi connectivity index (χ0v) is 16.7. The Morgan fingerprint density at radius 2 is 1.79 bits per heavy atom. The SMILES string of the molecule is CC(SCc1cc2cc(C(F)(F)F)ccc2n1S(=O)(=O)c1ccccc1)C(=O)O. The third kappa shape index (κ3) is 4.27. The van der Waals surface area contributed by atoms with Gasteiger partial charge in [-0.05, 0) is 43.3 Å². The van der Waals surface area contributed by atoms with Gasteiger partial charge in [-0.1, -0.05) is 18.2 Å². The van der Waals surface area contributed by atoms with Crippen LogP contribution in [0.2, 0.25) is 0 Å². The summed E-state index contributed by atoms with van der Waals surface area (Å²) in [6, 6.07) is 11.7. The van der Waals surface area contributed by atoms with Crippen molar-refractivity contribution in [3.8, 4) is 0 Å². The van der Waals surface area contributed by atoms with Crippen molar-refractivity contribution in [2.24, 2.45) is 0 Å². The molecule has 0 saturated heterocycles. The average Bonchev–Trinajstić information content (AvgIpc) is 3.04. The van der Waals surface area contributed by atoms with Crippen LogP contribution in [0.15, 0.2) is 59.5 Å². The van der Waals surface area contributed by atoms with Gasteiger partial charge in [0.2, 0.25) is 0 Å². The number of thioether (sulfide) groups is 1. The maximum absolute atomic E-state index is 13.2. The molecule has 1 unspecified atom stereocenters. The number of carbonyl (C=O) groups is 1. The summed E-state index contributed by atoms with van der Waals surface area (Å²) in [6.45, 7) is 1.45. The van der Waals surface area contributed by atoms with Crippen LogP contribution in [-0.2, 0) is 26.7 Å². The molecule has 0 spiro atoms. The molecule has 2 aromatic carbocycles. The van der Waals surface area contributed by atoms with E-state index >= 15 is 0 Å². The van der Waals surface area contributed by atoms with Crippen LogP contribution in [0.3, 0.4) is 0 Å². The van der Waals surface area contributed by atoms with Crippen LogP contribution in [0.4, 0.5) is 13.2 Å². The highest BCUT2D eigenvalue weighted by Crippen LogP contribution is 2.35. The molecule has 1 aromatic heterocycles. The van der Waals surface area contributed by atoms with E-state index in [1.807, 2.05) is 0 Å². The Hall–Kier alpha value is -2.46. The van der Waals surface area contributed by atoms with E-state index < -0.39 is 33.0 Å². The molecule has 0 bridgehead atoms. The molecule has 0 amide bonds. The van der Waals surface area contributed by atoms with E-state index in [0.29, 0.717) is 0 Å². The molecular formula is C19H16F3NO4S2. The number of carboxylic acid groups (broad SMARTS) is 1. The van der Waals surface area contributed by atoms with E-state index in [9.17, 15) is 26.4 Å². The highest BCUT2D eigenvalue weighted by molar-refractivity contribution is 7.99. The van der Waals surface area contributed by atoms with Gasteiger partial charge in [0.1, 0.15) is 0 Å². The maximum atomic E-state index is 13.2. The lowest BCUT2D eigenvalue weighted by atomic mass is 10.1. The van der Waals surface area contributed by atoms with Gasteiger partial charge in [-0.25, -0.2) is 12.4 Å². The quantitative estimate of drug-likeness (QED) is 0.602. The number of aromatic nitrogens is 1. The maximum Gasteiger partial charge on any atom is 0.416 e. The zero-order valence-electron chi connectivity index (χ0n) is 15.1. The van der Waals surface area contributed by atoms with E-state index in [2.05, 4.69) is 0 Å². The van der Waals surface area contributed by atoms with Crippen molar-refractivity contribution in [3.63, 3.8) is 0 Å². The predicted molar refractivity (Wildman–Crippen MR) is 104 cm³/mol. The summed E-state index contributed by atoms with van der Waals surface area (Å²) in [4.78, 5) is 11.1. The Kier molecular flexibility index (Phi) is 5.68. The summed E-state index contributed by atoms with van der Waals surface area (Å²) < 4.78 is 66.6. The number of alkyl halides is 3. The van der Waals surface area contributed by atoms with Crippen LogP contribution in [0.25, 0.3) is 10.9 Å². The van der Waals surface area contributed by atoms with Crippen molar-refractivity contribution < 1.29 is 31.5 Å². The van der Waals surface area contributed by atoms with Gasteiger partial charge in [0, 0.05) is 16.8 Å². The van der Waals surface area contributed by atoms with Gasteiger partial charge in [-0.3, -0.25) is 4.79 Å². The highest BCUT2D eigenvalue weighted by Gasteiger charge is 2.32. The summed E-state index contributed by atoms with van der Waals surface area (Å²) in [7, 11) is -4.09. The average molecular weight is 443 g/mol. The summed E-state index contributed by atoms with van der Waals surface area (Å²) in [6.07, 6.45) is -4.57. The molecule has 0 saturated carbocycles. The van der Waals surface area contributed by atoms with E-state index in [-0.39, 0.29) is 27.2 Å². The molecule has 3 aromatic rings. The van der Waals surface area contributed by atoms with Gasteiger partial charge in [0.05, 0.1) is 21.2 Å². The molecule has 1 heterocycles. The molecule has 5 nitrogen and oxygen atoms in total. The number of hydrogen-bond donors (Lipinski definition) is 1. The molecule has 0 aliphatic heterocycles. The van der Waals surface area contributed by atoms with Gasteiger partial charge < -0.3 is 5.11 Å². The zero-order chi connectivity index (χ0) is 21.4. The van der Waals surface area contributed by atoms with Crippen molar-refractivity contribution in [1.82, 2.24) is 3.97 Å². The number of halogens is 3. The van der Waals surface area contributed by atoms with Crippen molar-refractivity contribution in [2.75, 3.05) is 0 Å². The Morgan fingerprint density at radius 1 is 1.14 bits per heavy atom. The first-order chi connectivity index (χ1) is 13.5. The fourth-order valence-electron chi connectivity index (χ4n) is 2.79. The Bertz CT molecular complexity index is 1160. The van der Waals surface area contributed by atoms with Gasteiger partial charge in [0.15, 0.2) is 0 Å². The lowest BCUT2D eigenvalue weighted by Gasteiger charge is -2.13. The number of nitrogens with zero attached hydrogens (tertiary/aromatic N) is 1. The molecule has 154 valence electrons. The smallest absolute Gasteiger partial charge is 0.416 e. The normalized spacial score (nSPS) is 13.5. The minimum atomic E-state index is -4.57. The van der Waals surface area contributed by atoms with E-state index in [4.69, 9.17) is 5.11 Å². The van der Waals surface area contributed by atoms with Crippen LogP contribution in [0, 0.1) is 0 Å². The second kappa shape index (κ2) is 7.75. The van der Waals surface area contributed by atoms with E-state index in [0.717, 1.165) is 33.9 Å². The van der Waals surface area contributed by atoms with Crippen molar-refractivity contribution in [1.29, 1.82) is 0 Å². The number of benzene rings is 2. The topological polar surface area (TPSA) is 76.4 Å². The Morgan fingerprint density at radius 3 is 2.38 bits per heavy atom. The second-order valence-corrected chi connectivity index (χ2v) is 9.40. The lowest BCUT2D eigenvalue weighted by Crippen LogP contribution is -2.17. The molecule has 10 heteroatoms. The van der Waals surface area contributed by atoms with Crippen LogP contribution >= 0.6 is 11.8 Å². The van der Waals surface area contributed by atoms with Gasteiger partial charge in [-0.15, -0.1) is 11.8 Å². The number of rotatable bonds is 6. The predicted octanol–water partition coefficient (Wildman–Crippen LogP) is 4.60. The molecule has 3 rings (SSSR count). The van der Waals surface area contributed by atoms with E-state index in [1.165, 1.54) is 25.1 Å². The number of fused-ring (bicyclic) bond motifs is 1. The minimum Gasteiger partial charge on any atom is -0.480 e. The molecule has 1 N–H and O–H groups in total. The van der Waals surface area contributed by atoms with Crippen LogP contribution < -0.4 is 0 Å². The van der Waals surface area contributed by atoms with Crippen molar-refractivity contribution in [3.05, 3.63) is 65.9 Å². The first-order valence-corrected chi connectivity index (χ1v) is 10.9. The molecule has 0 radical (unpaired) electrons. The van der Waals surface area contributed by atoms with Crippen LogP contribution in [0.5, 0.6) is 0 Å².